The molecule has 1 aliphatic rings. The zero-order chi connectivity index (χ0) is 16.9. The van der Waals surface area contributed by atoms with Gasteiger partial charge in [0.2, 0.25) is 0 Å². The summed E-state index contributed by atoms with van der Waals surface area (Å²) in [5.74, 6) is 0. The molecule has 0 radical (unpaired) electrons. The molecule has 0 fully saturated rings. The molecule has 23 heavy (non-hydrogen) atoms. The van der Waals surface area contributed by atoms with Crippen LogP contribution in [0, 0.1) is 13.8 Å². The van der Waals surface area contributed by atoms with Crippen LogP contribution in [0.1, 0.15) is 11.1 Å². The van der Waals surface area contributed by atoms with Gasteiger partial charge in [-0.05, 0) is 37.1 Å². The summed E-state index contributed by atoms with van der Waals surface area (Å²) >= 11 is 0. The lowest BCUT2D eigenvalue weighted by molar-refractivity contribution is 1.32. The summed E-state index contributed by atoms with van der Waals surface area (Å²) in [6, 6.07) is 9.88. The molecule has 0 saturated heterocycles. The minimum absolute atomic E-state index is 0.795. The molecular formula is C19H26S2Si2. The van der Waals surface area contributed by atoms with Gasteiger partial charge in [0, 0.05) is 9.79 Å². The summed E-state index contributed by atoms with van der Waals surface area (Å²) < 4.78 is 0. The third kappa shape index (κ3) is 3.23. The Hall–Kier alpha value is -0.426. The molecule has 4 heteroatoms. The van der Waals surface area contributed by atoms with E-state index in [9.17, 15) is 0 Å². The molecule has 1 heterocycles. The summed E-state index contributed by atoms with van der Waals surface area (Å²) in [5, 5.41) is 3.23. The highest BCUT2D eigenvalue weighted by atomic mass is 33.1. The first kappa shape index (κ1) is 17.4. The van der Waals surface area contributed by atoms with Crippen molar-refractivity contribution in [1.82, 2.24) is 0 Å². The van der Waals surface area contributed by atoms with Gasteiger partial charge in [0.05, 0.1) is 16.9 Å². The maximum atomic E-state index is 2.52. The second-order valence-corrected chi connectivity index (χ2v) is 18.1. The lowest BCUT2D eigenvalue weighted by atomic mass is 10.0. The molecule has 0 nitrogen and oxygen atoms in total. The van der Waals surface area contributed by atoms with Crippen molar-refractivity contribution < 1.29 is 0 Å². The maximum absolute atomic E-state index is 2.52. The van der Waals surface area contributed by atoms with E-state index in [4.69, 9.17) is 0 Å². The van der Waals surface area contributed by atoms with Crippen molar-refractivity contribution in [2.75, 3.05) is 0 Å². The van der Waals surface area contributed by atoms with Gasteiger partial charge >= 0.3 is 0 Å². The van der Waals surface area contributed by atoms with Gasteiger partial charge in [-0.25, -0.2) is 0 Å². The second kappa shape index (κ2) is 6.14. The average molecular weight is 375 g/mol. The van der Waals surface area contributed by atoms with Crippen molar-refractivity contribution in [2.45, 2.75) is 56.4 Å². The Morgan fingerprint density at radius 3 is 1.83 bits per heavy atom. The van der Waals surface area contributed by atoms with Gasteiger partial charge < -0.3 is 0 Å². The van der Waals surface area contributed by atoms with Gasteiger partial charge in [-0.3, -0.25) is 0 Å². The van der Waals surface area contributed by atoms with Crippen LogP contribution >= 0.6 is 21.6 Å². The molecular weight excluding hydrogens is 349 g/mol. The Labute approximate surface area is 151 Å². The number of aryl methyl sites for hydroxylation is 2. The van der Waals surface area contributed by atoms with Crippen LogP contribution in [0.5, 0.6) is 0 Å². The van der Waals surface area contributed by atoms with Gasteiger partial charge in [-0.1, -0.05) is 88.0 Å². The predicted molar refractivity (Wildman–Crippen MR) is 115 cm³/mol. The Morgan fingerprint density at radius 1 is 0.783 bits per heavy atom. The van der Waals surface area contributed by atoms with E-state index in [0.29, 0.717) is 0 Å². The monoisotopic (exact) mass is 374 g/mol. The molecule has 122 valence electrons. The van der Waals surface area contributed by atoms with Crippen molar-refractivity contribution in [3.05, 3.63) is 35.4 Å². The van der Waals surface area contributed by atoms with E-state index in [0.717, 1.165) is 0 Å². The SMILES string of the molecule is Cc1cc2c(cc1[SiH](C)C)-c1cc([Si](C)(C)C)c(C)cc1SS2. The van der Waals surface area contributed by atoms with Gasteiger partial charge in [0.1, 0.15) is 0 Å². The van der Waals surface area contributed by atoms with Crippen LogP contribution in [0.3, 0.4) is 0 Å². The molecule has 0 bridgehead atoms. The Balaban J connectivity index is 2.25. The fourth-order valence-electron chi connectivity index (χ4n) is 3.46. The van der Waals surface area contributed by atoms with Crippen LogP contribution in [0.2, 0.25) is 32.7 Å². The highest BCUT2D eigenvalue weighted by Gasteiger charge is 2.25. The zero-order valence-corrected chi connectivity index (χ0v) is 19.0. The van der Waals surface area contributed by atoms with Gasteiger partial charge in [0.15, 0.2) is 0 Å². The summed E-state index contributed by atoms with van der Waals surface area (Å²) in [7, 11) is 1.76. The quantitative estimate of drug-likeness (QED) is 0.515. The van der Waals surface area contributed by atoms with E-state index in [1.165, 1.54) is 32.0 Å². The van der Waals surface area contributed by atoms with Crippen LogP contribution in [0.15, 0.2) is 34.1 Å². The molecule has 0 unspecified atom stereocenters. The Morgan fingerprint density at radius 2 is 1.30 bits per heavy atom. The summed E-state index contributed by atoms with van der Waals surface area (Å²) in [6.45, 7) is 16.8. The maximum Gasteiger partial charge on any atom is 0.0779 e. The van der Waals surface area contributed by atoms with Gasteiger partial charge in [-0.15, -0.1) is 0 Å². The minimum atomic E-state index is -1.31. The predicted octanol–water partition coefficient (Wildman–Crippen LogP) is 5.32. The first-order chi connectivity index (χ1) is 10.7. The molecule has 0 atom stereocenters. The highest BCUT2D eigenvalue weighted by Crippen LogP contribution is 2.51. The summed E-state index contributed by atoms with van der Waals surface area (Å²) in [6.07, 6.45) is 0. The summed E-state index contributed by atoms with van der Waals surface area (Å²) in [5.41, 5.74) is 5.91. The third-order valence-corrected chi connectivity index (χ3v) is 11.1. The smallest absolute Gasteiger partial charge is 0.0682 e. The molecule has 0 amide bonds. The highest BCUT2D eigenvalue weighted by molar-refractivity contribution is 8.76. The van der Waals surface area contributed by atoms with Gasteiger partial charge in [-0.2, -0.15) is 0 Å². The fraction of sp³-hybridized carbons (Fsp3) is 0.368. The lowest BCUT2D eigenvalue weighted by Crippen LogP contribution is -2.39. The molecule has 1 aliphatic heterocycles. The van der Waals surface area contributed by atoms with Crippen molar-refractivity contribution in [1.29, 1.82) is 0 Å². The molecule has 0 N–H and O–H groups in total. The van der Waals surface area contributed by atoms with E-state index in [1.807, 2.05) is 21.6 Å². The van der Waals surface area contributed by atoms with Crippen LogP contribution in [-0.4, -0.2) is 16.9 Å². The number of rotatable bonds is 2. The first-order valence-electron chi connectivity index (χ1n) is 8.33. The van der Waals surface area contributed by atoms with E-state index in [-0.39, 0.29) is 0 Å². The van der Waals surface area contributed by atoms with Crippen LogP contribution in [-0.2, 0) is 0 Å². The third-order valence-electron chi connectivity index (χ3n) is 4.64. The molecule has 0 spiro atoms. The lowest BCUT2D eigenvalue weighted by Gasteiger charge is -2.26. The first-order valence-corrected chi connectivity index (χ1v) is 16.9. The van der Waals surface area contributed by atoms with E-state index in [2.05, 4.69) is 70.8 Å². The Bertz CT molecular complexity index is 774. The Kier molecular flexibility index (Phi) is 4.64. The standard InChI is InChI=1S/C19H26S2Si2/c1-12-8-16-14(10-18(12)22(3)4)15-11-19(23(5,6)7)13(2)9-17(15)21-20-16/h8-11,22H,1-7H3. The molecule has 0 aromatic heterocycles. The number of fused-ring (bicyclic) bond motifs is 3. The second-order valence-electron chi connectivity index (χ2n) is 7.94. The minimum Gasteiger partial charge on any atom is -0.0682 e. The largest absolute Gasteiger partial charge is 0.0779 e. The van der Waals surface area contributed by atoms with Gasteiger partial charge in [0.25, 0.3) is 0 Å². The number of benzene rings is 2. The average Bonchev–Trinajstić information content (AvgIpc) is 2.44. The van der Waals surface area contributed by atoms with Crippen LogP contribution in [0.25, 0.3) is 11.1 Å². The normalized spacial score (nSPS) is 13.9. The number of hydrogen-bond acceptors (Lipinski definition) is 2. The molecule has 0 saturated carbocycles. The van der Waals surface area contributed by atoms with E-state index in [1.54, 1.807) is 10.4 Å². The molecule has 3 rings (SSSR count). The van der Waals surface area contributed by atoms with Crippen LogP contribution in [0.4, 0.5) is 0 Å². The van der Waals surface area contributed by atoms with E-state index < -0.39 is 16.9 Å². The van der Waals surface area contributed by atoms with Crippen LogP contribution < -0.4 is 10.4 Å². The molecule has 0 aliphatic carbocycles. The summed E-state index contributed by atoms with van der Waals surface area (Å²) in [4.78, 5) is 2.89. The zero-order valence-electron chi connectivity index (χ0n) is 15.2. The van der Waals surface area contributed by atoms with Crippen molar-refractivity contribution >= 4 is 48.8 Å². The van der Waals surface area contributed by atoms with Crippen molar-refractivity contribution in [2.24, 2.45) is 0 Å². The topological polar surface area (TPSA) is 0 Å². The fourth-order valence-corrected chi connectivity index (χ4v) is 9.30. The molecule has 2 aromatic rings. The number of hydrogen-bond donors (Lipinski definition) is 0. The van der Waals surface area contributed by atoms with Crippen molar-refractivity contribution in [3.8, 4) is 11.1 Å². The van der Waals surface area contributed by atoms with E-state index >= 15 is 0 Å². The van der Waals surface area contributed by atoms with Crippen molar-refractivity contribution in [3.63, 3.8) is 0 Å². The molecule has 2 aromatic carbocycles.